The molecule has 0 aromatic carbocycles. The lowest BCUT2D eigenvalue weighted by Gasteiger charge is -2.13. The fraction of sp³-hybridized carbons (Fsp3) is 0.462. The molecule has 1 unspecified atom stereocenters. The van der Waals surface area contributed by atoms with Gasteiger partial charge in [0.25, 0.3) is 0 Å². The van der Waals surface area contributed by atoms with Gasteiger partial charge in [-0.3, -0.25) is 0 Å². The van der Waals surface area contributed by atoms with Crippen molar-refractivity contribution in [2.45, 2.75) is 33.2 Å². The first-order chi connectivity index (χ1) is 8.52. The second-order valence-electron chi connectivity index (χ2n) is 4.39. The van der Waals surface area contributed by atoms with Crippen LogP contribution in [-0.2, 0) is 6.42 Å². The molecule has 2 aromatic heterocycles. The first-order valence-corrected chi connectivity index (χ1v) is 7.94. The standard InChI is InChI=1S/C13H17ClN2S2/c1-7-6-17-13(12(7)14)10(15-4)5-11-16-8(2)9(3)18-11/h6,10,15H,5H2,1-4H3. The number of thiazole rings is 1. The number of halogens is 1. The summed E-state index contributed by atoms with van der Waals surface area (Å²) < 4.78 is 0. The smallest absolute Gasteiger partial charge is 0.0950 e. The van der Waals surface area contributed by atoms with Crippen LogP contribution in [0.5, 0.6) is 0 Å². The molecule has 1 N–H and O–H groups in total. The van der Waals surface area contributed by atoms with Crippen LogP contribution in [-0.4, -0.2) is 12.0 Å². The highest BCUT2D eigenvalue weighted by Crippen LogP contribution is 2.34. The van der Waals surface area contributed by atoms with E-state index in [0.29, 0.717) is 0 Å². The topological polar surface area (TPSA) is 24.9 Å². The zero-order valence-corrected chi connectivity index (χ0v) is 13.4. The number of hydrogen-bond acceptors (Lipinski definition) is 4. The third-order valence-electron chi connectivity index (χ3n) is 3.04. The minimum atomic E-state index is 0.251. The Balaban J connectivity index is 2.22. The zero-order valence-electron chi connectivity index (χ0n) is 11.0. The van der Waals surface area contributed by atoms with Gasteiger partial charge in [0, 0.05) is 22.2 Å². The molecule has 0 radical (unpaired) electrons. The maximum atomic E-state index is 6.34. The van der Waals surface area contributed by atoms with Crippen LogP contribution in [0.1, 0.15) is 32.1 Å². The first kappa shape index (κ1) is 14.0. The molecule has 1 atom stereocenters. The molecule has 5 heteroatoms. The van der Waals surface area contributed by atoms with Crippen molar-refractivity contribution in [3.05, 3.63) is 36.4 Å². The molecular weight excluding hydrogens is 284 g/mol. The molecule has 2 heterocycles. The van der Waals surface area contributed by atoms with Gasteiger partial charge in [0.15, 0.2) is 0 Å². The summed E-state index contributed by atoms with van der Waals surface area (Å²) >= 11 is 9.84. The van der Waals surface area contributed by atoms with Crippen molar-refractivity contribution < 1.29 is 0 Å². The summed E-state index contributed by atoms with van der Waals surface area (Å²) in [5.74, 6) is 0. The van der Waals surface area contributed by atoms with Gasteiger partial charge < -0.3 is 5.32 Å². The predicted octanol–water partition coefficient (Wildman–Crippen LogP) is 4.29. The Bertz CT molecular complexity index is 526. The Morgan fingerprint density at radius 1 is 1.39 bits per heavy atom. The average molecular weight is 301 g/mol. The van der Waals surface area contributed by atoms with E-state index in [-0.39, 0.29) is 6.04 Å². The molecular formula is C13H17ClN2S2. The molecule has 2 rings (SSSR count). The summed E-state index contributed by atoms with van der Waals surface area (Å²) in [6.45, 7) is 6.23. The van der Waals surface area contributed by atoms with Crippen LogP contribution in [0.4, 0.5) is 0 Å². The lowest BCUT2D eigenvalue weighted by atomic mass is 10.1. The predicted molar refractivity (Wildman–Crippen MR) is 81.2 cm³/mol. The molecule has 0 amide bonds. The monoisotopic (exact) mass is 300 g/mol. The largest absolute Gasteiger partial charge is 0.312 e. The summed E-state index contributed by atoms with van der Waals surface area (Å²) in [7, 11) is 1.98. The lowest BCUT2D eigenvalue weighted by molar-refractivity contribution is 0.600. The summed E-state index contributed by atoms with van der Waals surface area (Å²) in [6.07, 6.45) is 0.898. The molecule has 0 aliphatic rings. The van der Waals surface area contributed by atoms with E-state index < -0.39 is 0 Å². The summed E-state index contributed by atoms with van der Waals surface area (Å²) in [4.78, 5) is 7.11. The molecule has 0 bridgehead atoms. The van der Waals surface area contributed by atoms with Crippen LogP contribution in [0.2, 0.25) is 5.02 Å². The van der Waals surface area contributed by atoms with E-state index >= 15 is 0 Å². The Morgan fingerprint density at radius 2 is 2.11 bits per heavy atom. The van der Waals surface area contributed by atoms with Crippen LogP contribution >= 0.6 is 34.3 Å². The number of nitrogens with zero attached hydrogens (tertiary/aromatic N) is 1. The molecule has 2 nitrogen and oxygen atoms in total. The molecule has 18 heavy (non-hydrogen) atoms. The van der Waals surface area contributed by atoms with Gasteiger partial charge in [-0.25, -0.2) is 4.98 Å². The van der Waals surface area contributed by atoms with Gasteiger partial charge in [-0.15, -0.1) is 22.7 Å². The highest BCUT2D eigenvalue weighted by molar-refractivity contribution is 7.12. The summed E-state index contributed by atoms with van der Waals surface area (Å²) in [6, 6.07) is 0.251. The van der Waals surface area contributed by atoms with Gasteiger partial charge in [-0.2, -0.15) is 0 Å². The number of hydrogen-bond donors (Lipinski definition) is 1. The molecule has 0 saturated carbocycles. The van der Waals surface area contributed by atoms with Crippen LogP contribution < -0.4 is 5.32 Å². The van der Waals surface area contributed by atoms with E-state index in [1.165, 1.54) is 14.8 Å². The number of thiophene rings is 1. The van der Waals surface area contributed by atoms with Crippen molar-refractivity contribution in [1.29, 1.82) is 0 Å². The van der Waals surface area contributed by atoms with E-state index in [4.69, 9.17) is 11.6 Å². The zero-order chi connectivity index (χ0) is 13.3. The van der Waals surface area contributed by atoms with E-state index in [1.54, 1.807) is 22.7 Å². The summed E-state index contributed by atoms with van der Waals surface area (Å²) in [5, 5.41) is 7.52. The number of aryl methyl sites for hydroxylation is 3. The second kappa shape index (κ2) is 5.70. The Labute approximate surface area is 121 Å². The third-order valence-corrected chi connectivity index (χ3v) is 5.96. The normalized spacial score (nSPS) is 12.9. The fourth-order valence-corrected chi connectivity index (χ4v) is 4.23. The van der Waals surface area contributed by atoms with Gasteiger partial charge in [0.1, 0.15) is 0 Å². The Hall–Kier alpha value is -0.420. The molecule has 0 saturated heterocycles. The minimum absolute atomic E-state index is 0.251. The van der Waals surface area contributed by atoms with Crippen molar-refractivity contribution in [2.24, 2.45) is 0 Å². The Morgan fingerprint density at radius 3 is 2.56 bits per heavy atom. The number of nitrogens with one attached hydrogen (secondary N) is 1. The van der Waals surface area contributed by atoms with E-state index in [2.05, 4.69) is 29.5 Å². The SMILES string of the molecule is CNC(Cc1nc(C)c(C)s1)c1scc(C)c1Cl. The van der Waals surface area contributed by atoms with Crippen molar-refractivity contribution in [3.63, 3.8) is 0 Å². The van der Waals surface area contributed by atoms with Gasteiger partial charge >= 0.3 is 0 Å². The maximum Gasteiger partial charge on any atom is 0.0950 e. The van der Waals surface area contributed by atoms with Crippen LogP contribution in [0.3, 0.4) is 0 Å². The molecule has 0 aliphatic heterocycles. The van der Waals surface area contributed by atoms with Gasteiger partial charge in [0.2, 0.25) is 0 Å². The quantitative estimate of drug-likeness (QED) is 0.911. The molecule has 0 fully saturated rings. The molecule has 0 aliphatic carbocycles. The average Bonchev–Trinajstić information content (AvgIpc) is 2.82. The molecule has 0 spiro atoms. The van der Waals surface area contributed by atoms with Gasteiger partial charge in [0.05, 0.1) is 15.7 Å². The van der Waals surface area contributed by atoms with Crippen molar-refractivity contribution in [2.75, 3.05) is 7.05 Å². The lowest BCUT2D eigenvalue weighted by Crippen LogP contribution is -2.18. The number of rotatable bonds is 4. The van der Waals surface area contributed by atoms with Crippen molar-refractivity contribution in [3.8, 4) is 0 Å². The van der Waals surface area contributed by atoms with Crippen molar-refractivity contribution >= 4 is 34.3 Å². The fourth-order valence-electron chi connectivity index (χ4n) is 1.81. The highest BCUT2D eigenvalue weighted by Gasteiger charge is 2.18. The highest BCUT2D eigenvalue weighted by atomic mass is 35.5. The van der Waals surface area contributed by atoms with Crippen LogP contribution in [0, 0.1) is 20.8 Å². The second-order valence-corrected chi connectivity index (χ2v) is 6.97. The third kappa shape index (κ3) is 2.77. The van der Waals surface area contributed by atoms with Gasteiger partial charge in [-0.05, 0) is 38.8 Å². The first-order valence-electron chi connectivity index (χ1n) is 5.86. The summed E-state index contributed by atoms with van der Waals surface area (Å²) in [5.41, 5.74) is 2.29. The maximum absolute atomic E-state index is 6.34. The van der Waals surface area contributed by atoms with Crippen LogP contribution in [0.25, 0.3) is 0 Å². The minimum Gasteiger partial charge on any atom is -0.312 e. The number of aromatic nitrogens is 1. The van der Waals surface area contributed by atoms with Crippen LogP contribution in [0.15, 0.2) is 5.38 Å². The van der Waals surface area contributed by atoms with Crippen molar-refractivity contribution in [1.82, 2.24) is 10.3 Å². The Kier molecular flexibility index (Phi) is 4.43. The molecule has 98 valence electrons. The van der Waals surface area contributed by atoms with E-state index in [9.17, 15) is 0 Å². The van der Waals surface area contributed by atoms with Gasteiger partial charge in [-0.1, -0.05) is 11.6 Å². The molecule has 2 aromatic rings. The van der Waals surface area contributed by atoms with E-state index in [1.807, 2.05) is 14.0 Å². The number of likely N-dealkylation sites (N-methyl/N-ethyl adjacent to an activating group) is 1. The van der Waals surface area contributed by atoms with E-state index in [0.717, 1.165) is 22.7 Å².